The van der Waals surface area contributed by atoms with Gasteiger partial charge < -0.3 is 5.32 Å². The van der Waals surface area contributed by atoms with Gasteiger partial charge in [-0.15, -0.1) is 0 Å². The van der Waals surface area contributed by atoms with E-state index in [-0.39, 0.29) is 43.1 Å². The minimum Gasteiger partial charge on any atom is -0.347 e. The second-order valence-corrected chi connectivity index (χ2v) is 11.6. The van der Waals surface area contributed by atoms with E-state index in [1.807, 2.05) is 13.1 Å². The lowest BCUT2D eigenvalue weighted by Gasteiger charge is -2.26. The number of rotatable bonds is 6. The molecule has 39 heavy (non-hydrogen) atoms. The molecule has 204 valence electrons. The van der Waals surface area contributed by atoms with Gasteiger partial charge in [0.2, 0.25) is 5.78 Å². The number of nitrogens with one attached hydrogen (secondary N) is 1. The minimum absolute atomic E-state index is 0.0388. The summed E-state index contributed by atoms with van der Waals surface area (Å²) in [6.07, 6.45) is 5.55. The maximum absolute atomic E-state index is 13.2. The molecule has 0 saturated heterocycles. The van der Waals surface area contributed by atoms with Crippen molar-refractivity contribution in [2.45, 2.75) is 50.8 Å². The number of sulfonamides is 1. The second kappa shape index (κ2) is 9.12. The highest BCUT2D eigenvalue weighted by Gasteiger charge is 2.50. The zero-order valence-electron chi connectivity index (χ0n) is 20.7. The number of aromatic nitrogens is 6. The number of hydrogen-bond acceptors (Lipinski definition) is 7. The minimum atomic E-state index is -5.44. The van der Waals surface area contributed by atoms with Crippen LogP contribution in [-0.2, 0) is 29.7 Å². The molecule has 6 rings (SSSR count). The van der Waals surface area contributed by atoms with E-state index in [4.69, 9.17) is 0 Å². The molecule has 0 unspecified atom stereocenters. The van der Waals surface area contributed by atoms with Crippen LogP contribution >= 0.6 is 0 Å². The second-order valence-electron chi connectivity index (χ2n) is 9.66. The van der Waals surface area contributed by atoms with Crippen LogP contribution in [0.3, 0.4) is 0 Å². The number of alkyl halides is 3. The van der Waals surface area contributed by atoms with Gasteiger partial charge in [-0.2, -0.15) is 22.6 Å². The number of nitrogens with zero attached hydrogens (tertiary/aromatic N) is 7. The zero-order chi connectivity index (χ0) is 27.5. The van der Waals surface area contributed by atoms with Crippen LogP contribution < -0.4 is 5.32 Å². The Labute approximate surface area is 220 Å². The summed E-state index contributed by atoms with van der Waals surface area (Å²) in [4.78, 5) is 26.4. The van der Waals surface area contributed by atoms with Crippen molar-refractivity contribution in [3.63, 3.8) is 0 Å². The highest BCUT2D eigenvalue weighted by Crippen LogP contribution is 2.41. The van der Waals surface area contributed by atoms with Gasteiger partial charge in [-0.1, -0.05) is 24.3 Å². The summed E-state index contributed by atoms with van der Waals surface area (Å²) in [5.74, 6) is 0.911. The van der Waals surface area contributed by atoms with E-state index < -0.39 is 22.1 Å². The van der Waals surface area contributed by atoms with Crippen molar-refractivity contribution in [1.82, 2.24) is 38.8 Å². The van der Waals surface area contributed by atoms with Crippen LogP contribution in [0.5, 0.6) is 0 Å². The van der Waals surface area contributed by atoms with Crippen molar-refractivity contribution in [2.24, 2.45) is 0 Å². The largest absolute Gasteiger partial charge is 0.511 e. The average Bonchev–Trinajstić information content (AvgIpc) is 3.54. The Morgan fingerprint density at radius 3 is 2.56 bits per heavy atom. The van der Waals surface area contributed by atoms with Crippen LogP contribution in [-0.4, -0.2) is 59.8 Å². The van der Waals surface area contributed by atoms with Crippen molar-refractivity contribution in [1.29, 1.82) is 0 Å². The normalized spacial score (nSPS) is 16.4. The highest BCUT2D eigenvalue weighted by atomic mass is 32.2. The Kier molecular flexibility index (Phi) is 5.95. The monoisotopic (exact) mass is 560 g/mol. The number of aryl methyl sites for hydroxylation is 1. The Hall–Kier alpha value is -3.85. The molecule has 1 aromatic carbocycles. The van der Waals surface area contributed by atoms with Crippen LogP contribution in [0.25, 0.3) is 17.2 Å². The van der Waals surface area contributed by atoms with Gasteiger partial charge in [-0.3, -0.25) is 9.20 Å². The van der Waals surface area contributed by atoms with E-state index in [0.717, 1.165) is 29.7 Å². The van der Waals surface area contributed by atoms with Crippen molar-refractivity contribution in [2.75, 3.05) is 6.54 Å². The Balaban J connectivity index is 1.15. The SMILES string of the molecule is Cc1cnc2nc(C3CC3)c(C(=O)NCc3ccc(-c4nc5n(n4)CCN(S(=O)(=O)C(F)(F)F)C5)cc3)n2c1. The van der Waals surface area contributed by atoms with Gasteiger partial charge in [0, 0.05) is 37.0 Å². The van der Waals surface area contributed by atoms with Gasteiger partial charge in [-0.05, 0) is 30.9 Å². The molecule has 1 saturated carbocycles. The lowest BCUT2D eigenvalue weighted by atomic mass is 10.1. The molecule has 4 aromatic rings. The van der Waals surface area contributed by atoms with Crippen molar-refractivity contribution in [3.05, 3.63) is 65.0 Å². The molecule has 1 N–H and O–H groups in total. The quantitative estimate of drug-likeness (QED) is 0.384. The lowest BCUT2D eigenvalue weighted by molar-refractivity contribution is -0.0496. The molecule has 0 radical (unpaired) electrons. The fourth-order valence-corrected chi connectivity index (χ4v) is 5.44. The number of fused-ring (bicyclic) bond motifs is 2. The van der Waals surface area contributed by atoms with Crippen molar-refractivity contribution >= 4 is 21.7 Å². The first-order valence-corrected chi connectivity index (χ1v) is 13.7. The number of halogens is 3. The molecule has 0 atom stereocenters. The third-order valence-corrected chi connectivity index (χ3v) is 8.32. The van der Waals surface area contributed by atoms with Gasteiger partial charge >= 0.3 is 15.5 Å². The van der Waals surface area contributed by atoms with Gasteiger partial charge in [0.15, 0.2) is 5.82 Å². The molecule has 1 fully saturated rings. The Morgan fingerprint density at radius 1 is 1.13 bits per heavy atom. The fraction of sp³-hybridized carbons (Fsp3) is 0.375. The van der Waals surface area contributed by atoms with Crippen molar-refractivity contribution in [3.8, 4) is 11.4 Å². The number of hydrogen-bond donors (Lipinski definition) is 1. The smallest absolute Gasteiger partial charge is 0.347 e. The number of amides is 1. The molecule has 11 nitrogen and oxygen atoms in total. The van der Waals surface area contributed by atoms with E-state index in [9.17, 15) is 26.4 Å². The summed E-state index contributed by atoms with van der Waals surface area (Å²) in [7, 11) is -5.44. The summed E-state index contributed by atoms with van der Waals surface area (Å²) in [6.45, 7) is 1.26. The molecule has 4 heterocycles. The van der Waals surface area contributed by atoms with Crippen molar-refractivity contribution < 1.29 is 26.4 Å². The van der Waals surface area contributed by atoms with E-state index >= 15 is 0 Å². The van der Waals surface area contributed by atoms with Crippen LogP contribution in [0, 0.1) is 6.92 Å². The highest BCUT2D eigenvalue weighted by molar-refractivity contribution is 7.89. The summed E-state index contributed by atoms with van der Waals surface area (Å²) in [6, 6.07) is 7.06. The maximum Gasteiger partial charge on any atom is 0.511 e. The topological polar surface area (TPSA) is 127 Å². The summed E-state index contributed by atoms with van der Waals surface area (Å²) >= 11 is 0. The van der Waals surface area contributed by atoms with Crippen LogP contribution in [0.15, 0.2) is 36.7 Å². The van der Waals surface area contributed by atoms with Crippen LogP contribution in [0.4, 0.5) is 13.2 Å². The molecule has 2 aliphatic rings. The van der Waals surface area contributed by atoms with Gasteiger partial charge in [0.25, 0.3) is 5.91 Å². The van der Waals surface area contributed by atoms with E-state index in [1.54, 1.807) is 34.9 Å². The van der Waals surface area contributed by atoms with Crippen LogP contribution in [0.2, 0.25) is 0 Å². The Morgan fingerprint density at radius 2 is 1.87 bits per heavy atom. The molecular formula is C24H23F3N8O3S. The van der Waals surface area contributed by atoms with E-state index in [1.165, 1.54) is 4.68 Å². The van der Waals surface area contributed by atoms with E-state index in [0.29, 0.717) is 21.3 Å². The summed E-state index contributed by atoms with van der Waals surface area (Å²) in [5.41, 5.74) is -1.78. The fourth-order valence-electron chi connectivity index (χ4n) is 4.54. The molecule has 1 amide bonds. The predicted molar refractivity (Wildman–Crippen MR) is 132 cm³/mol. The third kappa shape index (κ3) is 4.65. The molecular weight excluding hydrogens is 537 g/mol. The number of imidazole rings is 1. The number of carbonyl (C=O) groups is 1. The standard InChI is InChI=1S/C24H23F3N8O3S/c1-14-10-29-23-31-19(16-6-7-16)20(34(23)12-14)22(36)28-11-15-2-4-17(5-3-15)21-30-18-13-33(8-9-35(18)32-21)39(37,38)24(25,26)27/h2-5,10,12,16H,6-9,11,13H2,1H3,(H,28,36). The van der Waals surface area contributed by atoms with Gasteiger partial charge in [0.05, 0.1) is 18.8 Å². The van der Waals surface area contributed by atoms with E-state index in [2.05, 4.69) is 25.4 Å². The third-order valence-electron chi connectivity index (χ3n) is 6.74. The first kappa shape index (κ1) is 25.4. The van der Waals surface area contributed by atoms with Crippen LogP contribution in [0.1, 0.15) is 51.9 Å². The summed E-state index contributed by atoms with van der Waals surface area (Å²) < 4.78 is 65.8. The molecule has 3 aromatic heterocycles. The maximum atomic E-state index is 13.2. The molecule has 1 aliphatic carbocycles. The number of carbonyl (C=O) groups excluding carboxylic acids is 1. The molecule has 15 heteroatoms. The van der Waals surface area contributed by atoms with Gasteiger partial charge in [0.1, 0.15) is 11.5 Å². The first-order chi connectivity index (χ1) is 18.5. The number of benzene rings is 1. The first-order valence-electron chi connectivity index (χ1n) is 12.2. The Bertz CT molecular complexity index is 1690. The predicted octanol–water partition coefficient (Wildman–Crippen LogP) is 2.77. The lowest BCUT2D eigenvalue weighted by Crippen LogP contribution is -2.44. The molecule has 0 spiro atoms. The molecule has 1 aliphatic heterocycles. The summed E-state index contributed by atoms with van der Waals surface area (Å²) in [5, 5.41) is 7.27. The van der Waals surface area contributed by atoms with Gasteiger partial charge in [-0.25, -0.2) is 28.1 Å². The molecule has 0 bridgehead atoms. The zero-order valence-corrected chi connectivity index (χ0v) is 21.5. The average molecular weight is 561 g/mol.